The van der Waals surface area contributed by atoms with E-state index in [4.69, 9.17) is 22.8 Å². The molecule has 1 aromatic heterocycles. The third-order valence-electron chi connectivity index (χ3n) is 14.1. The van der Waals surface area contributed by atoms with Crippen molar-refractivity contribution in [2.75, 3.05) is 20.7 Å². The van der Waals surface area contributed by atoms with Crippen LogP contribution in [0.2, 0.25) is 36.3 Å². The average molecular weight is 895 g/mol. The maximum Gasteiger partial charge on any atom is 0.265 e. The third-order valence-corrected chi connectivity index (χ3v) is 23.1. The summed E-state index contributed by atoms with van der Waals surface area (Å²) in [5, 5.41) is 16.6. The van der Waals surface area contributed by atoms with Gasteiger partial charge in [-0.15, -0.1) is 0 Å². The fraction of sp³-hybridized carbons (Fsp3) is 0.460. The highest BCUT2D eigenvalue weighted by Crippen LogP contribution is 2.59. The molecule has 1 fully saturated rings. The number of carbonyl (C=O) groups is 2. The Morgan fingerprint density at radius 1 is 0.873 bits per heavy atom. The van der Waals surface area contributed by atoms with E-state index in [-0.39, 0.29) is 70.7 Å². The normalized spacial score (nSPS) is 21.7. The van der Waals surface area contributed by atoms with Crippen molar-refractivity contribution in [3.63, 3.8) is 0 Å². The fourth-order valence-electron chi connectivity index (χ4n) is 8.64. The van der Waals surface area contributed by atoms with Crippen molar-refractivity contribution in [3.05, 3.63) is 123 Å². The minimum Gasteiger partial charge on any atom is -0.507 e. The summed E-state index contributed by atoms with van der Waals surface area (Å²) < 4.78 is 49.2. The number of aliphatic hydroxyl groups excluding tert-OH is 1. The van der Waals surface area contributed by atoms with E-state index in [0.717, 1.165) is 11.1 Å². The van der Waals surface area contributed by atoms with E-state index in [1.807, 2.05) is 98.8 Å². The van der Waals surface area contributed by atoms with Crippen LogP contribution >= 0.6 is 0 Å². The van der Waals surface area contributed by atoms with Gasteiger partial charge in [-0.05, 0) is 91.5 Å². The van der Waals surface area contributed by atoms with Crippen molar-refractivity contribution in [1.29, 1.82) is 0 Å². The van der Waals surface area contributed by atoms with Gasteiger partial charge >= 0.3 is 0 Å². The standard InChI is InChI=1S/C50H63FN2O8Si2/c1-48(2,3)62(9,10)59-25-19-24-33-28-37(51)35-26-34-27-36-41(53(7)8)44-40(47(52-60-44)58-30-32-22-17-14-18-23-32)46(56)50(36,61-63(11,12)49(4,5)6)45(55)38(34)42(54)39(35)43(33)57-29-31-20-15-13-16-21-31/h13-24,28,34,36,41,54H,25-27,29-30H2,1-12H3/b24-19+/t34-,36-,41-,50?/m0/s1. The molecule has 0 spiro atoms. The van der Waals surface area contributed by atoms with Crippen LogP contribution in [-0.2, 0) is 33.3 Å². The van der Waals surface area contributed by atoms with E-state index in [0.29, 0.717) is 12.2 Å². The van der Waals surface area contributed by atoms with Crippen LogP contribution in [0.4, 0.5) is 4.39 Å². The number of benzene rings is 3. The molecule has 0 bridgehead atoms. The summed E-state index contributed by atoms with van der Waals surface area (Å²) in [5.74, 6) is -3.16. The van der Waals surface area contributed by atoms with Crippen LogP contribution in [0.25, 0.3) is 11.8 Å². The second-order valence-electron chi connectivity index (χ2n) is 20.5. The van der Waals surface area contributed by atoms with Gasteiger partial charge in [0, 0.05) is 22.6 Å². The van der Waals surface area contributed by atoms with Crippen LogP contribution in [0.3, 0.4) is 0 Å². The van der Waals surface area contributed by atoms with Crippen LogP contribution in [0, 0.1) is 17.7 Å². The molecule has 7 rings (SSSR count). The number of hydrogen-bond donors (Lipinski definition) is 1. The molecular weight excluding hydrogens is 832 g/mol. The van der Waals surface area contributed by atoms with E-state index < -0.39 is 68.3 Å². The SMILES string of the molecule is CN(C)[C@@H]1c2onc(OCc3ccccc3)c2C(=O)C2(O[Si](C)(C)C(C)(C)C)C(=O)C3=C(O)c4c(c(F)cc(/C=C/CO[Si](C)(C)C(C)(C)C)c4OCc4ccccc4)C[C@H]3C[C@@H]12. The topological polar surface area (TPSA) is 121 Å². The molecule has 336 valence electrons. The number of ketones is 2. The molecular formula is C50H63FN2O8Si2. The molecule has 4 atom stereocenters. The summed E-state index contributed by atoms with van der Waals surface area (Å²) in [5.41, 5.74) is 0.426. The number of hydrogen-bond acceptors (Lipinski definition) is 10. The minimum absolute atomic E-state index is 0.00678. The van der Waals surface area contributed by atoms with Gasteiger partial charge in [0.05, 0.1) is 18.2 Å². The first-order valence-electron chi connectivity index (χ1n) is 21.9. The monoisotopic (exact) mass is 894 g/mol. The molecule has 0 amide bonds. The summed E-state index contributed by atoms with van der Waals surface area (Å²) in [6.07, 6.45) is 3.88. The molecule has 63 heavy (non-hydrogen) atoms. The highest BCUT2D eigenvalue weighted by Gasteiger charge is 2.69. The first-order chi connectivity index (χ1) is 29.5. The predicted molar refractivity (Wildman–Crippen MR) is 248 cm³/mol. The maximum absolute atomic E-state index is 16.7. The highest BCUT2D eigenvalue weighted by atomic mass is 28.4. The van der Waals surface area contributed by atoms with Crippen molar-refractivity contribution in [2.24, 2.45) is 11.8 Å². The zero-order valence-electron chi connectivity index (χ0n) is 38.9. The van der Waals surface area contributed by atoms with E-state index in [2.05, 4.69) is 59.8 Å². The lowest BCUT2D eigenvalue weighted by molar-refractivity contribution is -0.140. The number of halogens is 1. The van der Waals surface area contributed by atoms with Crippen LogP contribution in [0.15, 0.2) is 82.9 Å². The lowest BCUT2D eigenvalue weighted by Gasteiger charge is -2.55. The summed E-state index contributed by atoms with van der Waals surface area (Å²) in [6, 6.07) is 19.8. The van der Waals surface area contributed by atoms with Gasteiger partial charge in [0.15, 0.2) is 28.0 Å². The second-order valence-corrected chi connectivity index (χ2v) is 30.1. The van der Waals surface area contributed by atoms with Gasteiger partial charge in [-0.3, -0.25) is 14.5 Å². The third kappa shape index (κ3) is 8.43. The Morgan fingerprint density at radius 2 is 1.46 bits per heavy atom. The Labute approximate surface area is 373 Å². The Kier molecular flexibility index (Phi) is 12.5. The Morgan fingerprint density at radius 3 is 2.03 bits per heavy atom. The molecule has 0 saturated heterocycles. The van der Waals surface area contributed by atoms with Gasteiger partial charge in [-0.25, -0.2) is 4.39 Å². The molecule has 1 saturated carbocycles. The Hall–Kier alpha value is -4.67. The van der Waals surface area contributed by atoms with Gasteiger partial charge in [0.1, 0.15) is 36.1 Å². The number of fused-ring (bicyclic) bond motifs is 4. The number of aliphatic hydroxyl groups is 1. The molecule has 1 heterocycles. The molecule has 1 unspecified atom stereocenters. The number of Topliss-reactive ketones (excluding diaryl/α,β-unsaturated/α-hetero) is 2. The van der Waals surface area contributed by atoms with E-state index >= 15 is 14.0 Å². The quantitative estimate of drug-likeness (QED) is 0.103. The largest absolute Gasteiger partial charge is 0.507 e. The van der Waals surface area contributed by atoms with Gasteiger partial charge in [-0.1, -0.05) is 114 Å². The zero-order chi connectivity index (χ0) is 45.9. The molecule has 4 aromatic rings. The maximum atomic E-state index is 16.7. The number of ether oxygens (including phenoxy) is 2. The van der Waals surface area contributed by atoms with Gasteiger partial charge in [0.25, 0.3) is 5.88 Å². The smallest absolute Gasteiger partial charge is 0.265 e. The number of nitrogens with zero attached hydrogens (tertiary/aromatic N) is 2. The highest BCUT2D eigenvalue weighted by molar-refractivity contribution is 6.75. The van der Waals surface area contributed by atoms with E-state index in [1.165, 1.54) is 6.07 Å². The fourth-order valence-corrected chi connectivity index (χ4v) is 11.0. The van der Waals surface area contributed by atoms with Crippen molar-refractivity contribution < 1.29 is 41.9 Å². The Bertz CT molecular complexity index is 2430. The summed E-state index contributed by atoms with van der Waals surface area (Å²) in [6.45, 7) is 21.5. The van der Waals surface area contributed by atoms with E-state index in [9.17, 15) is 5.11 Å². The van der Waals surface area contributed by atoms with Crippen LogP contribution in [0.5, 0.6) is 11.6 Å². The van der Waals surface area contributed by atoms with Gasteiger partial charge < -0.3 is 28.0 Å². The van der Waals surface area contributed by atoms with Gasteiger partial charge in [-0.2, -0.15) is 0 Å². The van der Waals surface area contributed by atoms with Crippen molar-refractivity contribution in [2.45, 2.75) is 116 Å². The first-order valence-corrected chi connectivity index (χ1v) is 27.7. The number of carbonyl (C=O) groups excluding carboxylic acids is 2. The molecule has 10 nitrogen and oxygen atoms in total. The second kappa shape index (κ2) is 17.0. The van der Waals surface area contributed by atoms with Crippen molar-refractivity contribution in [1.82, 2.24) is 10.1 Å². The van der Waals surface area contributed by atoms with Crippen LogP contribution in [0.1, 0.15) is 97.9 Å². The Balaban J connectivity index is 1.40. The lowest BCUT2D eigenvalue weighted by Crippen LogP contribution is -2.68. The molecule has 3 aromatic carbocycles. The molecule has 3 aliphatic carbocycles. The first kappa shape index (κ1) is 46.3. The minimum atomic E-state index is -2.98. The van der Waals surface area contributed by atoms with Crippen molar-refractivity contribution in [3.8, 4) is 11.6 Å². The molecule has 3 aliphatic rings. The van der Waals surface area contributed by atoms with Gasteiger partial charge in [0.2, 0.25) is 11.6 Å². The molecule has 1 N–H and O–H groups in total. The van der Waals surface area contributed by atoms with Crippen LogP contribution in [-0.4, -0.2) is 69.7 Å². The zero-order valence-corrected chi connectivity index (χ0v) is 40.9. The molecule has 13 heteroatoms. The van der Waals surface area contributed by atoms with Crippen LogP contribution < -0.4 is 9.47 Å². The summed E-state index contributed by atoms with van der Waals surface area (Å²) >= 11 is 0. The molecule has 0 aliphatic heterocycles. The average Bonchev–Trinajstić information content (AvgIpc) is 3.63. The van der Waals surface area contributed by atoms with Crippen molar-refractivity contribution >= 4 is 40.0 Å². The summed E-state index contributed by atoms with van der Waals surface area (Å²) in [7, 11) is -1.35. The predicted octanol–water partition coefficient (Wildman–Crippen LogP) is 11.3. The number of rotatable bonds is 13. The molecule has 0 radical (unpaired) electrons. The van der Waals surface area contributed by atoms with E-state index in [1.54, 1.807) is 6.08 Å². The summed E-state index contributed by atoms with van der Waals surface area (Å²) in [4.78, 5) is 33.5. The number of aromatic nitrogens is 1. The lowest BCUT2D eigenvalue weighted by atomic mass is 9.57.